The molecule has 4 amide bonds. The number of hydrogen-bond donors (Lipinski definition) is 1. The molecular weight excluding hydrogens is 348 g/mol. The lowest BCUT2D eigenvalue weighted by Gasteiger charge is -2.27. The molecule has 7 nitrogen and oxygen atoms in total. The Hall–Kier alpha value is -3.61. The summed E-state index contributed by atoms with van der Waals surface area (Å²) in [5, 5.41) is 2.22. The number of rotatable bonds is 2. The summed E-state index contributed by atoms with van der Waals surface area (Å²) in [6.07, 6.45) is 1.43. The summed E-state index contributed by atoms with van der Waals surface area (Å²) in [6.45, 7) is 3.87. The van der Waals surface area contributed by atoms with Crippen molar-refractivity contribution in [2.45, 2.75) is 13.8 Å². The van der Waals surface area contributed by atoms with Crippen LogP contribution in [0.15, 0.2) is 42.0 Å². The Morgan fingerprint density at radius 2 is 1.67 bits per heavy atom. The van der Waals surface area contributed by atoms with Crippen molar-refractivity contribution in [2.75, 3.05) is 11.7 Å². The van der Waals surface area contributed by atoms with Crippen LogP contribution in [0, 0.1) is 13.8 Å². The number of benzene rings is 2. The molecule has 2 aromatic carbocycles. The third kappa shape index (κ3) is 3.03. The number of hydrogen-bond acceptors (Lipinski definition) is 5. The zero-order chi connectivity index (χ0) is 19.1. The van der Waals surface area contributed by atoms with E-state index in [0.717, 1.165) is 16.0 Å². The average Bonchev–Trinajstić information content (AvgIpc) is 3.05. The Kier molecular flexibility index (Phi) is 3.92. The minimum absolute atomic E-state index is 0.129. The second-order valence-corrected chi connectivity index (χ2v) is 6.42. The van der Waals surface area contributed by atoms with E-state index in [2.05, 4.69) is 5.32 Å². The number of imide groups is 2. The van der Waals surface area contributed by atoms with Crippen LogP contribution in [0.25, 0.3) is 6.08 Å². The molecule has 7 heteroatoms. The Morgan fingerprint density at radius 3 is 2.41 bits per heavy atom. The van der Waals surface area contributed by atoms with Crippen LogP contribution in [-0.4, -0.2) is 24.6 Å². The maximum Gasteiger partial charge on any atom is 0.335 e. The molecule has 136 valence electrons. The Balaban J connectivity index is 1.73. The molecule has 2 aliphatic heterocycles. The van der Waals surface area contributed by atoms with Crippen molar-refractivity contribution in [2.24, 2.45) is 0 Å². The lowest BCUT2D eigenvalue weighted by Crippen LogP contribution is -2.54. The van der Waals surface area contributed by atoms with Crippen LogP contribution in [0.4, 0.5) is 10.5 Å². The highest BCUT2D eigenvalue weighted by molar-refractivity contribution is 6.39. The maximum atomic E-state index is 12.9. The highest BCUT2D eigenvalue weighted by atomic mass is 16.7. The van der Waals surface area contributed by atoms with Gasteiger partial charge in [0.2, 0.25) is 6.79 Å². The standard InChI is InChI=1S/C20H16N2O5/c1-11-5-12(2)7-14(6-11)22-19(24)15(18(23)21-20(22)25)8-13-3-4-16-17(9-13)27-10-26-16/h3-9H,10H2,1-2H3,(H,21,23,25). The molecule has 0 aliphatic carbocycles. The molecule has 0 unspecified atom stereocenters. The fraction of sp³-hybridized carbons (Fsp3) is 0.150. The first-order valence-corrected chi connectivity index (χ1v) is 8.32. The largest absolute Gasteiger partial charge is 0.454 e. The maximum absolute atomic E-state index is 12.9. The van der Waals surface area contributed by atoms with Crippen LogP contribution in [0.1, 0.15) is 16.7 Å². The summed E-state index contributed by atoms with van der Waals surface area (Å²) in [4.78, 5) is 38.5. The molecule has 27 heavy (non-hydrogen) atoms. The molecule has 0 radical (unpaired) electrons. The number of nitrogens with zero attached hydrogens (tertiary/aromatic N) is 1. The lowest BCUT2D eigenvalue weighted by molar-refractivity contribution is -0.122. The molecule has 2 heterocycles. The zero-order valence-electron chi connectivity index (χ0n) is 14.7. The molecule has 0 saturated carbocycles. The molecule has 0 atom stereocenters. The molecular formula is C20H16N2O5. The first-order chi connectivity index (χ1) is 12.9. The van der Waals surface area contributed by atoms with Crippen LogP contribution in [-0.2, 0) is 9.59 Å². The second kappa shape index (κ2) is 6.28. The second-order valence-electron chi connectivity index (χ2n) is 6.42. The quantitative estimate of drug-likeness (QED) is 0.654. The van der Waals surface area contributed by atoms with Gasteiger partial charge in [-0.1, -0.05) is 12.1 Å². The van der Waals surface area contributed by atoms with E-state index in [4.69, 9.17) is 9.47 Å². The molecule has 0 bridgehead atoms. The summed E-state index contributed by atoms with van der Waals surface area (Å²) in [5.41, 5.74) is 2.69. The number of barbiturate groups is 1. The first kappa shape index (κ1) is 16.8. The van der Waals surface area contributed by atoms with Crippen molar-refractivity contribution in [3.05, 3.63) is 58.7 Å². The molecule has 0 spiro atoms. The molecule has 2 aromatic rings. The van der Waals surface area contributed by atoms with Gasteiger partial charge in [0.15, 0.2) is 11.5 Å². The third-order valence-corrected chi connectivity index (χ3v) is 4.27. The summed E-state index contributed by atoms with van der Waals surface area (Å²) >= 11 is 0. The number of carbonyl (C=O) groups is 3. The van der Waals surface area contributed by atoms with Gasteiger partial charge in [0.25, 0.3) is 11.8 Å². The van der Waals surface area contributed by atoms with Gasteiger partial charge in [0.05, 0.1) is 5.69 Å². The Morgan fingerprint density at radius 1 is 0.963 bits per heavy atom. The fourth-order valence-electron chi connectivity index (χ4n) is 3.14. The minimum Gasteiger partial charge on any atom is -0.454 e. The molecule has 2 aliphatic rings. The van der Waals surface area contributed by atoms with Crippen LogP contribution >= 0.6 is 0 Å². The van der Waals surface area contributed by atoms with Crippen molar-refractivity contribution < 1.29 is 23.9 Å². The van der Waals surface area contributed by atoms with E-state index >= 15 is 0 Å². The van der Waals surface area contributed by atoms with Gasteiger partial charge in [-0.25, -0.2) is 9.69 Å². The van der Waals surface area contributed by atoms with Gasteiger partial charge in [-0.15, -0.1) is 0 Å². The molecule has 0 aromatic heterocycles. The number of urea groups is 1. The molecule has 4 rings (SSSR count). The monoisotopic (exact) mass is 364 g/mol. The SMILES string of the molecule is Cc1cc(C)cc(N2C(=O)NC(=O)C(=Cc3ccc4c(c3)OCO4)C2=O)c1. The summed E-state index contributed by atoms with van der Waals surface area (Å²) < 4.78 is 10.6. The smallest absolute Gasteiger partial charge is 0.335 e. The van der Waals surface area contributed by atoms with E-state index in [1.165, 1.54) is 6.08 Å². The summed E-state index contributed by atoms with van der Waals surface area (Å²) in [6, 6.07) is 9.69. The van der Waals surface area contributed by atoms with Crippen LogP contribution in [0.3, 0.4) is 0 Å². The zero-order valence-corrected chi connectivity index (χ0v) is 14.7. The van der Waals surface area contributed by atoms with Gasteiger partial charge < -0.3 is 9.47 Å². The Labute approximate surface area is 155 Å². The highest BCUT2D eigenvalue weighted by Gasteiger charge is 2.37. The van der Waals surface area contributed by atoms with Crippen molar-refractivity contribution in [1.29, 1.82) is 0 Å². The van der Waals surface area contributed by atoms with Crippen molar-refractivity contribution in [1.82, 2.24) is 5.32 Å². The van der Waals surface area contributed by atoms with Crippen LogP contribution in [0.5, 0.6) is 11.5 Å². The van der Waals surface area contributed by atoms with Crippen molar-refractivity contribution in [3.63, 3.8) is 0 Å². The van der Waals surface area contributed by atoms with E-state index in [-0.39, 0.29) is 12.4 Å². The third-order valence-electron chi connectivity index (χ3n) is 4.27. The number of carbonyl (C=O) groups excluding carboxylic acids is 3. The van der Waals surface area contributed by atoms with Crippen molar-refractivity contribution in [3.8, 4) is 11.5 Å². The fourth-order valence-corrected chi connectivity index (χ4v) is 3.14. The summed E-state index contributed by atoms with van der Waals surface area (Å²) in [5.74, 6) is -0.270. The van der Waals surface area contributed by atoms with Gasteiger partial charge in [-0.2, -0.15) is 0 Å². The van der Waals surface area contributed by atoms with E-state index in [1.807, 2.05) is 19.9 Å². The number of fused-ring (bicyclic) bond motifs is 1. The average molecular weight is 364 g/mol. The molecule has 1 fully saturated rings. The van der Waals surface area contributed by atoms with Gasteiger partial charge in [0.1, 0.15) is 5.57 Å². The first-order valence-electron chi connectivity index (χ1n) is 8.32. The van der Waals surface area contributed by atoms with Crippen molar-refractivity contribution >= 4 is 29.6 Å². The van der Waals surface area contributed by atoms with E-state index in [1.54, 1.807) is 30.3 Å². The van der Waals surface area contributed by atoms with E-state index < -0.39 is 17.8 Å². The van der Waals surface area contributed by atoms with Crippen LogP contribution in [0.2, 0.25) is 0 Å². The number of amides is 4. The normalized spacial score (nSPS) is 17.5. The molecule has 1 N–H and O–H groups in total. The predicted octanol–water partition coefficient (Wildman–Crippen LogP) is 2.70. The van der Waals surface area contributed by atoms with Gasteiger partial charge >= 0.3 is 6.03 Å². The van der Waals surface area contributed by atoms with Gasteiger partial charge in [-0.3, -0.25) is 14.9 Å². The van der Waals surface area contributed by atoms with E-state index in [9.17, 15) is 14.4 Å². The topological polar surface area (TPSA) is 84.9 Å². The minimum atomic E-state index is -0.766. The predicted molar refractivity (Wildman–Crippen MR) is 97.5 cm³/mol. The summed E-state index contributed by atoms with van der Waals surface area (Å²) in [7, 11) is 0. The molecule has 1 saturated heterocycles. The number of nitrogens with one attached hydrogen (secondary N) is 1. The lowest BCUT2D eigenvalue weighted by atomic mass is 10.1. The van der Waals surface area contributed by atoms with Gasteiger partial charge in [0, 0.05) is 0 Å². The van der Waals surface area contributed by atoms with Crippen LogP contribution < -0.4 is 19.7 Å². The number of aryl methyl sites for hydroxylation is 2. The number of ether oxygens (including phenoxy) is 2. The van der Waals surface area contributed by atoms with E-state index in [0.29, 0.717) is 22.7 Å². The highest BCUT2D eigenvalue weighted by Crippen LogP contribution is 2.33. The number of anilines is 1. The Bertz CT molecular complexity index is 1000. The van der Waals surface area contributed by atoms with Gasteiger partial charge in [-0.05, 0) is 60.9 Å².